The maximum Gasteiger partial charge on any atom is 0.195 e. The second-order valence-corrected chi connectivity index (χ2v) is 4.36. The largest absolute Gasteiger partial charge is 0.398 e. The van der Waals surface area contributed by atoms with Crippen molar-refractivity contribution in [2.75, 3.05) is 5.73 Å². The van der Waals surface area contributed by atoms with E-state index >= 15 is 0 Å². The number of carbonyl (C=O) groups excluding carboxylic acids is 1. The van der Waals surface area contributed by atoms with E-state index in [1.807, 2.05) is 0 Å². The van der Waals surface area contributed by atoms with E-state index in [2.05, 4.69) is 0 Å². The molecule has 0 spiro atoms. The third kappa shape index (κ3) is 2.43. The Labute approximate surface area is 109 Å². The Morgan fingerprint density at radius 3 is 2.35 bits per heavy atom. The molecule has 86 valence electrons. The number of nitrogens with two attached hydrogens (primary N) is 1. The van der Waals surface area contributed by atoms with Gasteiger partial charge < -0.3 is 5.73 Å². The molecular formula is C13H9Cl2NO. The maximum atomic E-state index is 12.1. The smallest absolute Gasteiger partial charge is 0.195 e. The number of ketones is 1. The molecule has 0 aromatic heterocycles. The standard InChI is InChI=1S/C13H9Cl2NO/c14-10-6-5-8(7-11(10)15)13(17)9-3-1-2-4-12(9)16/h1-7H,16H2. The molecule has 0 aliphatic heterocycles. The van der Waals surface area contributed by atoms with Gasteiger partial charge in [0, 0.05) is 16.8 Å². The highest BCUT2D eigenvalue weighted by molar-refractivity contribution is 6.42. The zero-order valence-corrected chi connectivity index (χ0v) is 10.3. The van der Waals surface area contributed by atoms with E-state index < -0.39 is 0 Å². The quantitative estimate of drug-likeness (QED) is 0.663. The molecule has 0 aliphatic carbocycles. The molecule has 2 aromatic carbocycles. The summed E-state index contributed by atoms with van der Waals surface area (Å²) in [7, 11) is 0. The van der Waals surface area contributed by atoms with E-state index in [9.17, 15) is 4.79 Å². The molecule has 4 heteroatoms. The van der Waals surface area contributed by atoms with Crippen LogP contribution in [0.15, 0.2) is 42.5 Å². The van der Waals surface area contributed by atoms with Crippen molar-refractivity contribution in [3.05, 3.63) is 63.6 Å². The number of carbonyl (C=O) groups is 1. The lowest BCUT2D eigenvalue weighted by Gasteiger charge is -2.05. The molecular weight excluding hydrogens is 257 g/mol. The SMILES string of the molecule is Nc1ccccc1C(=O)c1ccc(Cl)c(Cl)c1. The van der Waals surface area contributed by atoms with Crippen molar-refractivity contribution in [1.29, 1.82) is 0 Å². The van der Waals surface area contributed by atoms with Crippen molar-refractivity contribution in [1.82, 2.24) is 0 Å². The van der Waals surface area contributed by atoms with Crippen molar-refractivity contribution >= 4 is 34.7 Å². The summed E-state index contributed by atoms with van der Waals surface area (Å²) in [4.78, 5) is 12.1. The fourth-order valence-electron chi connectivity index (χ4n) is 1.50. The van der Waals surface area contributed by atoms with Gasteiger partial charge in [-0.05, 0) is 30.3 Å². The number of hydrogen-bond acceptors (Lipinski definition) is 2. The van der Waals surface area contributed by atoms with E-state index in [1.165, 1.54) is 0 Å². The predicted octanol–water partition coefficient (Wildman–Crippen LogP) is 3.81. The first-order valence-corrected chi connectivity index (χ1v) is 5.69. The highest BCUT2D eigenvalue weighted by atomic mass is 35.5. The molecule has 0 fully saturated rings. The Balaban J connectivity index is 2.44. The molecule has 0 aliphatic rings. The highest BCUT2D eigenvalue weighted by Crippen LogP contribution is 2.25. The van der Waals surface area contributed by atoms with Crippen molar-refractivity contribution in [2.24, 2.45) is 0 Å². The third-order valence-electron chi connectivity index (χ3n) is 2.39. The van der Waals surface area contributed by atoms with Gasteiger partial charge in [-0.15, -0.1) is 0 Å². The van der Waals surface area contributed by atoms with E-state index in [4.69, 9.17) is 28.9 Å². The summed E-state index contributed by atoms with van der Waals surface area (Å²) < 4.78 is 0. The second kappa shape index (κ2) is 4.78. The first-order chi connectivity index (χ1) is 8.09. The van der Waals surface area contributed by atoms with Crippen molar-refractivity contribution in [2.45, 2.75) is 0 Å². The fourth-order valence-corrected chi connectivity index (χ4v) is 1.79. The number of benzene rings is 2. The first kappa shape index (κ1) is 12.0. The summed E-state index contributed by atoms with van der Waals surface area (Å²) in [5.41, 5.74) is 7.13. The number of rotatable bonds is 2. The summed E-state index contributed by atoms with van der Waals surface area (Å²) in [6.07, 6.45) is 0. The van der Waals surface area contributed by atoms with Crippen LogP contribution in [0.1, 0.15) is 15.9 Å². The Hall–Kier alpha value is -1.51. The van der Waals surface area contributed by atoms with Crippen LogP contribution in [0, 0.1) is 0 Å². The van der Waals surface area contributed by atoms with Gasteiger partial charge in [-0.25, -0.2) is 0 Å². The lowest BCUT2D eigenvalue weighted by atomic mass is 10.0. The van der Waals surface area contributed by atoms with Gasteiger partial charge in [0.15, 0.2) is 5.78 Å². The van der Waals surface area contributed by atoms with Crippen LogP contribution in [-0.2, 0) is 0 Å². The van der Waals surface area contributed by atoms with Crippen LogP contribution in [0.3, 0.4) is 0 Å². The molecule has 0 amide bonds. The molecule has 2 nitrogen and oxygen atoms in total. The molecule has 2 N–H and O–H groups in total. The van der Waals surface area contributed by atoms with Crippen LogP contribution in [0.2, 0.25) is 10.0 Å². The summed E-state index contributed by atoms with van der Waals surface area (Å²) in [6.45, 7) is 0. The first-order valence-electron chi connectivity index (χ1n) is 4.94. The maximum absolute atomic E-state index is 12.1. The average Bonchev–Trinajstić information content (AvgIpc) is 2.32. The van der Waals surface area contributed by atoms with Crippen LogP contribution in [-0.4, -0.2) is 5.78 Å². The third-order valence-corrected chi connectivity index (χ3v) is 3.13. The molecule has 0 radical (unpaired) electrons. The van der Waals surface area contributed by atoms with Gasteiger partial charge in [-0.1, -0.05) is 35.3 Å². The number of nitrogen functional groups attached to an aromatic ring is 1. The summed E-state index contributed by atoms with van der Waals surface area (Å²) >= 11 is 11.7. The predicted molar refractivity (Wildman–Crippen MR) is 70.7 cm³/mol. The van der Waals surface area contributed by atoms with Crippen LogP contribution >= 0.6 is 23.2 Å². The van der Waals surface area contributed by atoms with Gasteiger partial charge in [0.05, 0.1) is 10.0 Å². The molecule has 0 atom stereocenters. The summed E-state index contributed by atoms with van der Waals surface area (Å²) in [5, 5.41) is 0.774. The normalized spacial score (nSPS) is 10.2. The van der Waals surface area contributed by atoms with Gasteiger partial charge in [0.2, 0.25) is 0 Å². The highest BCUT2D eigenvalue weighted by Gasteiger charge is 2.12. The fraction of sp³-hybridized carbons (Fsp3) is 0. The lowest BCUT2D eigenvalue weighted by molar-refractivity contribution is 0.103. The lowest BCUT2D eigenvalue weighted by Crippen LogP contribution is -2.04. The number of hydrogen-bond donors (Lipinski definition) is 1. The summed E-state index contributed by atoms with van der Waals surface area (Å²) in [6, 6.07) is 11.7. The Kier molecular flexibility index (Phi) is 3.36. The Morgan fingerprint density at radius 1 is 1.00 bits per heavy atom. The van der Waals surface area contributed by atoms with Gasteiger partial charge >= 0.3 is 0 Å². The van der Waals surface area contributed by atoms with Crippen molar-refractivity contribution < 1.29 is 4.79 Å². The number of para-hydroxylation sites is 1. The van der Waals surface area contributed by atoms with Crippen molar-refractivity contribution in [3.8, 4) is 0 Å². The van der Waals surface area contributed by atoms with Gasteiger partial charge in [0.1, 0.15) is 0 Å². The Morgan fingerprint density at radius 2 is 1.71 bits per heavy atom. The molecule has 0 bridgehead atoms. The molecule has 0 saturated heterocycles. The molecule has 0 unspecified atom stereocenters. The molecule has 2 aromatic rings. The zero-order valence-electron chi connectivity index (χ0n) is 8.78. The minimum atomic E-state index is -0.165. The minimum absolute atomic E-state index is 0.165. The topological polar surface area (TPSA) is 43.1 Å². The van der Waals surface area contributed by atoms with Crippen LogP contribution < -0.4 is 5.73 Å². The van der Waals surface area contributed by atoms with Gasteiger partial charge in [-0.2, -0.15) is 0 Å². The van der Waals surface area contributed by atoms with Crippen LogP contribution in [0.25, 0.3) is 0 Å². The van der Waals surface area contributed by atoms with E-state index in [0.29, 0.717) is 26.9 Å². The monoisotopic (exact) mass is 265 g/mol. The van der Waals surface area contributed by atoms with Gasteiger partial charge in [0.25, 0.3) is 0 Å². The summed E-state index contributed by atoms with van der Waals surface area (Å²) in [5.74, 6) is -0.165. The molecule has 0 heterocycles. The van der Waals surface area contributed by atoms with E-state index in [1.54, 1.807) is 42.5 Å². The molecule has 0 saturated carbocycles. The van der Waals surface area contributed by atoms with Gasteiger partial charge in [-0.3, -0.25) is 4.79 Å². The van der Waals surface area contributed by atoms with E-state index in [-0.39, 0.29) is 5.78 Å². The molecule has 2 rings (SSSR count). The van der Waals surface area contributed by atoms with E-state index in [0.717, 1.165) is 0 Å². The minimum Gasteiger partial charge on any atom is -0.398 e. The second-order valence-electron chi connectivity index (χ2n) is 3.55. The van der Waals surface area contributed by atoms with Crippen LogP contribution in [0.4, 0.5) is 5.69 Å². The van der Waals surface area contributed by atoms with Crippen molar-refractivity contribution in [3.63, 3.8) is 0 Å². The number of halogens is 2. The van der Waals surface area contributed by atoms with Crippen LogP contribution in [0.5, 0.6) is 0 Å². The Bertz CT molecular complexity index is 581. The molecule has 17 heavy (non-hydrogen) atoms. The number of anilines is 1. The zero-order chi connectivity index (χ0) is 12.4. The average molecular weight is 266 g/mol.